The summed E-state index contributed by atoms with van der Waals surface area (Å²) in [5.74, 6) is 2.47. The number of hydrogen-bond donors (Lipinski definition) is 0. The Labute approximate surface area is 136 Å². The van der Waals surface area contributed by atoms with Crippen molar-refractivity contribution in [2.24, 2.45) is 13.0 Å². The van der Waals surface area contributed by atoms with E-state index < -0.39 is 9.84 Å². The first-order valence-corrected chi connectivity index (χ1v) is 9.56. The second-order valence-electron chi connectivity index (χ2n) is 6.12. The van der Waals surface area contributed by atoms with Crippen LogP contribution in [-0.2, 0) is 23.3 Å². The molecule has 23 heavy (non-hydrogen) atoms. The minimum Gasteiger partial charge on any atom is -0.357 e. The predicted octanol–water partition coefficient (Wildman–Crippen LogP) is 1.07. The molecule has 0 aliphatic carbocycles. The summed E-state index contributed by atoms with van der Waals surface area (Å²) in [7, 11) is -1.22. The fourth-order valence-corrected chi connectivity index (χ4v) is 3.45. The number of aryl methyl sites for hydroxylation is 1. The highest BCUT2D eigenvalue weighted by atomic mass is 32.2. The molecule has 0 amide bonds. The van der Waals surface area contributed by atoms with Crippen LogP contribution in [0, 0.1) is 5.92 Å². The molecule has 0 spiro atoms. The normalized spacial score (nSPS) is 16.7. The molecular weight excluding hydrogens is 314 g/mol. The monoisotopic (exact) mass is 335 g/mol. The molecular formula is C15H21N5O2S. The highest BCUT2D eigenvalue weighted by Crippen LogP contribution is 2.24. The average molecular weight is 335 g/mol. The van der Waals surface area contributed by atoms with Crippen molar-refractivity contribution >= 4 is 15.7 Å². The predicted molar refractivity (Wildman–Crippen MR) is 87.0 cm³/mol. The van der Waals surface area contributed by atoms with Gasteiger partial charge >= 0.3 is 0 Å². The van der Waals surface area contributed by atoms with Crippen molar-refractivity contribution in [3.63, 3.8) is 0 Å². The maximum atomic E-state index is 11.5. The molecule has 0 N–H and O–H groups in total. The maximum Gasteiger partial charge on any atom is 0.177 e. The van der Waals surface area contributed by atoms with Crippen LogP contribution < -0.4 is 4.90 Å². The zero-order valence-corrected chi connectivity index (χ0v) is 14.2. The molecule has 0 unspecified atom stereocenters. The molecule has 0 radical (unpaired) electrons. The maximum absolute atomic E-state index is 11.5. The smallest absolute Gasteiger partial charge is 0.177 e. The molecule has 1 aliphatic rings. The first kappa shape index (κ1) is 15.9. The molecule has 7 nitrogen and oxygen atoms in total. The van der Waals surface area contributed by atoms with Crippen molar-refractivity contribution in [3.8, 4) is 0 Å². The number of hydrogen-bond acceptors (Lipinski definition) is 6. The Kier molecular flexibility index (Phi) is 4.34. The number of piperidine rings is 1. The van der Waals surface area contributed by atoms with Gasteiger partial charge in [-0.15, -0.1) is 10.2 Å². The lowest BCUT2D eigenvalue weighted by atomic mass is 9.93. The lowest BCUT2D eigenvalue weighted by Crippen LogP contribution is -2.35. The van der Waals surface area contributed by atoms with Gasteiger partial charge in [0.1, 0.15) is 18.0 Å². The van der Waals surface area contributed by atoms with E-state index in [1.807, 2.05) is 11.6 Å². The van der Waals surface area contributed by atoms with Gasteiger partial charge < -0.3 is 9.47 Å². The van der Waals surface area contributed by atoms with Gasteiger partial charge in [-0.2, -0.15) is 0 Å². The second kappa shape index (κ2) is 6.27. The third-order valence-corrected chi connectivity index (χ3v) is 5.46. The van der Waals surface area contributed by atoms with E-state index in [1.165, 1.54) is 12.5 Å². The van der Waals surface area contributed by atoms with E-state index >= 15 is 0 Å². The fourth-order valence-electron chi connectivity index (χ4n) is 2.90. The Bertz CT molecular complexity index is 761. The molecule has 1 aliphatic heterocycles. The second-order valence-corrected chi connectivity index (χ2v) is 8.13. The van der Waals surface area contributed by atoms with Gasteiger partial charge in [0.25, 0.3) is 0 Å². The van der Waals surface area contributed by atoms with Gasteiger partial charge in [-0.05, 0) is 30.9 Å². The molecule has 124 valence electrons. The standard InChI is InChI=1S/C15H21N5O2S/c1-19-11-17-18-15(19)9-12-5-7-20(8-6-12)14-4-3-13(10-16-14)23(2,21)22/h3-4,10-12H,5-9H2,1-2H3. The van der Waals surface area contributed by atoms with Crippen molar-refractivity contribution in [1.82, 2.24) is 19.7 Å². The Morgan fingerprint density at radius 1 is 1.26 bits per heavy atom. The summed E-state index contributed by atoms with van der Waals surface area (Å²) in [5.41, 5.74) is 0. The largest absolute Gasteiger partial charge is 0.357 e. The van der Waals surface area contributed by atoms with Crippen molar-refractivity contribution in [1.29, 1.82) is 0 Å². The van der Waals surface area contributed by atoms with Crippen molar-refractivity contribution in [2.45, 2.75) is 24.2 Å². The van der Waals surface area contributed by atoms with E-state index in [2.05, 4.69) is 20.1 Å². The van der Waals surface area contributed by atoms with Gasteiger partial charge in [0.15, 0.2) is 9.84 Å². The van der Waals surface area contributed by atoms with Crippen LogP contribution in [0.4, 0.5) is 5.82 Å². The number of rotatable bonds is 4. The first-order valence-electron chi connectivity index (χ1n) is 7.67. The Morgan fingerprint density at radius 3 is 2.52 bits per heavy atom. The molecule has 3 heterocycles. The molecule has 0 bridgehead atoms. The highest BCUT2D eigenvalue weighted by molar-refractivity contribution is 7.90. The zero-order valence-electron chi connectivity index (χ0n) is 13.4. The summed E-state index contributed by atoms with van der Waals surface area (Å²) >= 11 is 0. The van der Waals surface area contributed by atoms with E-state index in [0.29, 0.717) is 5.92 Å². The summed E-state index contributed by atoms with van der Waals surface area (Å²) in [6.07, 6.45) is 7.46. The fraction of sp³-hybridized carbons (Fsp3) is 0.533. The zero-order chi connectivity index (χ0) is 16.4. The van der Waals surface area contributed by atoms with E-state index in [4.69, 9.17) is 0 Å². The Hall–Kier alpha value is -1.96. The number of aromatic nitrogens is 4. The number of nitrogens with zero attached hydrogens (tertiary/aromatic N) is 5. The third-order valence-electron chi connectivity index (χ3n) is 4.36. The molecule has 8 heteroatoms. The Morgan fingerprint density at radius 2 is 2.00 bits per heavy atom. The van der Waals surface area contributed by atoms with Crippen LogP contribution >= 0.6 is 0 Å². The molecule has 0 saturated carbocycles. The summed E-state index contributed by atoms with van der Waals surface area (Å²) in [6.45, 7) is 1.85. The summed E-state index contributed by atoms with van der Waals surface area (Å²) in [6, 6.07) is 3.42. The molecule has 3 rings (SSSR count). The number of anilines is 1. The minimum absolute atomic E-state index is 0.262. The summed E-state index contributed by atoms with van der Waals surface area (Å²) in [5, 5.41) is 8.07. The van der Waals surface area contributed by atoms with Gasteiger partial charge in [-0.25, -0.2) is 13.4 Å². The SMILES string of the molecule is Cn1cnnc1CC1CCN(c2ccc(S(C)(=O)=O)cn2)CC1. The first-order chi connectivity index (χ1) is 10.9. The lowest BCUT2D eigenvalue weighted by molar-refractivity contribution is 0.392. The lowest BCUT2D eigenvalue weighted by Gasteiger charge is -2.32. The van der Waals surface area contributed by atoms with Crippen LogP contribution in [0.5, 0.6) is 0 Å². The van der Waals surface area contributed by atoms with E-state index in [-0.39, 0.29) is 4.90 Å². The summed E-state index contributed by atoms with van der Waals surface area (Å²) < 4.78 is 24.9. The Balaban J connectivity index is 1.59. The van der Waals surface area contributed by atoms with Crippen LogP contribution in [0.15, 0.2) is 29.6 Å². The molecule has 0 atom stereocenters. The average Bonchev–Trinajstić information content (AvgIpc) is 2.93. The van der Waals surface area contributed by atoms with E-state index in [0.717, 1.165) is 44.0 Å². The number of sulfone groups is 1. The van der Waals surface area contributed by atoms with Crippen LogP contribution in [0.25, 0.3) is 0 Å². The van der Waals surface area contributed by atoms with Crippen molar-refractivity contribution in [2.75, 3.05) is 24.2 Å². The van der Waals surface area contributed by atoms with E-state index in [9.17, 15) is 8.42 Å². The van der Waals surface area contributed by atoms with E-state index in [1.54, 1.807) is 18.5 Å². The molecule has 0 aromatic carbocycles. The van der Waals surface area contributed by atoms with Crippen LogP contribution in [0.1, 0.15) is 18.7 Å². The molecule has 2 aromatic heterocycles. The van der Waals surface area contributed by atoms with Gasteiger partial charge in [-0.3, -0.25) is 0 Å². The molecule has 2 aromatic rings. The van der Waals surface area contributed by atoms with Crippen molar-refractivity contribution in [3.05, 3.63) is 30.5 Å². The quantitative estimate of drug-likeness (QED) is 0.831. The highest BCUT2D eigenvalue weighted by Gasteiger charge is 2.22. The van der Waals surface area contributed by atoms with Crippen LogP contribution in [0.2, 0.25) is 0 Å². The topological polar surface area (TPSA) is 81.0 Å². The summed E-state index contributed by atoms with van der Waals surface area (Å²) in [4.78, 5) is 6.77. The van der Waals surface area contributed by atoms with Gasteiger partial charge in [-0.1, -0.05) is 0 Å². The number of pyridine rings is 1. The minimum atomic E-state index is -3.19. The van der Waals surface area contributed by atoms with Crippen LogP contribution in [0.3, 0.4) is 0 Å². The van der Waals surface area contributed by atoms with Gasteiger partial charge in [0.05, 0.1) is 4.90 Å². The molecule has 1 saturated heterocycles. The van der Waals surface area contributed by atoms with Gasteiger partial charge in [0.2, 0.25) is 0 Å². The third kappa shape index (κ3) is 3.69. The van der Waals surface area contributed by atoms with Gasteiger partial charge in [0, 0.05) is 39.0 Å². The van der Waals surface area contributed by atoms with Crippen LogP contribution in [-0.4, -0.2) is 47.5 Å². The van der Waals surface area contributed by atoms with Crippen molar-refractivity contribution < 1.29 is 8.42 Å². The molecule has 1 fully saturated rings.